The highest BCUT2D eigenvalue weighted by atomic mass is 35.5. The number of hydrogen-bond donors (Lipinski definition) is 1. The molecule has 0 radical (unpaired) electrons. The molecule has 6 nitrogen and oxygen atoms in total. The summed E-state index contributed by atoms with van der Waals surface area (Å²) in [6, 6.07) is 0. The van der Waals surface area contributed by atoms with Gasteiger partial charge in [-0.15, -0.1) is 0 Å². The number of rotatable bonds is 1. The first-order valence-electron chi connectivity index (χ1n) is 2.44. The van der Waals surface area contributed by atoms with E-state index in [4.69, 9.17) is 27.8 Å². The van der Waals surface area contributed by atoms with Gasteiger partial charge in [0.05, 0.1) is 0 Å². The summed E-state index contributed by atoms with van der Waals surface area (Å²) < 4.78 is 29.3. The van der Waals surface area contributed by atoms with Crippen molar-refractivity contribution < 1.29 is 13.0 Å². The molecule has 1 aromatic rings. The predicted molar refractivity (Wildman–Crippen MR) is 39.7 cm³/mol. The maximum absolute atomic E-state index is 10.4. The highest BCUT2D eigenvalue weighted by molar-refractivity contribution is 7.85. The van der Waals surface area contributed by atoms with Crippen molar-refractivity contribution >= 4 is 33.3 Å². The molecule has 1 heterocycles. The lowest BCUT2D eigenvalue weighted by molar-refractivity contribution is 0.473. The van der Waals surface area contributed by atoms with Crippen LogP contribution in [0.2, 0.25) is 10.6 Å². The molecule has 0 aromatic carbocycles. The van der Waals surface area contributed by atoms with Crippen LogP contribution in [0.15, 0.2) is 5.16 Å². The minimum absolute atomic E-state index is 0.400. The van der Waals surface area contributed by atoms with E-state index in [2.05, 4.69) is 15.0 Å². The van der Waals surface area contributed by atoms with E-state index >= 15 is 0 Å². The van der Waals surface area contributed by atoms with Gasteiger partial charge in [0.25, 0.3) is 5.16 Å². The molecular weight excluding hydrogens is 229 g/mol. The minimum Gasteiger partial charge on any atom is -0.279 e. The van der Waals surface area contributed by atoms with Crippen LogP contribution < -0.4 is 0 Å². The third-order valence-electron chi connectivity index (χ3n) is 0.791. The van der Waals surface area contributed by atoms with Gasteiger partial charge < -0.3 is 0 Å². The minimum atomic E-state index is -4.48. The van der Waals surface area contributed by atoms with Crippen molar-refractivity contribution in [2.24, 2.45) is 0 Å². The molecule has 0 saturated carbocycles. The van der Waals surface area contributed by atoms with E-state index in [1.165, 1.54) is 0 Å². The fourth-order valence-electron chi connectivity index (χ4n) is 0.424. The Morgan fingerprint density at radius 2 is 1.50 bits per heavy atom. The number of hydrogen-bond acceptors (Lipinski definition) is 5. The fraction of sp³-hybridized carbons (Fsp3) is 0. The molecule has 0 aliphatic heterocycles. The Morgan fingerprint density at radius 1 is 1.08 bits per heavy atom. The van der Waals surface area contributed by atoms with Gasteiger partial charge in [-0.3, -0.25) is 4.55 Å². The highest BCUT2D eigenvalue weighted by Crippen LogP contribution is 2.09. The molecule has 0 fully saturated rings. The lowest BCUT2D eigenvalue weighted by Crippen LogP contribution is -2.06. The predicted octanol–water partition coefficient (Wildman–Crippen LogP) is 0.425. The van der Waals surface area contributed by atoms with Crippen LogP contribution in [0.3, 0.4) is 0 Å². The molecule has 0 spiro atoms. The van der Waals surface area contributed by atoms with Crippen LogP contribution in [0.5, 0.6) is 0 Å². The normalized spacial score (nSPS) is 11.6. The molecule has 0 atom stereocenters. The van der Waals surface area contributed by atoms with Crippen LogP contribution in [-0.2, 0) is 10.1 Å². The average molecular weight is 230 g/mol. The van der Waals surface area contributed by atoms with E-state index in [-0.39, 0.29) is 0 Å². The lowest BCUT2D eigenvalue weighted by atomic mass is 11.1. The SMILES string of the molecule is O=S(=O)(O)c1nc(Cl)nc(Cl)n1. The van der Waals surface area contributed by atoms with Crippen molar-refractivity contribution in [1.29, 1.82) is 0 Å². The monoisotopic (exact) mass is 229 g/mol. The average Bonchev–Trinajstić information content (AvgIpc) is 1.82. The van der Waals surface area contributed by atoms with Crippen molar-refractivity contribution in [3.8, 4) is 0 Å². The van der Waals surface area contributed by atoms with Gasteiger partial charge in [-0.05, 0) is 23.2 Å². The molecule has 0 unspecified atom stereocenters. The topological polar surface area (TPSA) is 93.0 Å². The molecule has 0 bridgehead atoms. The molecule has 0 amide bonds. The molecular formula is C3HCl2N3O3S. The summed E-state index contributed by atoms with van der Waals surface area (Å²) in [5.41, 5.74) is 0. The molecule has 0 saturated heterocycles. The molecule has 0 aliphatic carbocycles. The Kier molecular flexibility index (Phi) is 2.47. The maximum atomic E-state index is 10.4. The zero-order chi connectivity index (χ0) is 9.35. The van der Waals surface area contributed by atoms with Crippen molar-refractivity contribution in [2.75, 3.05) is 0 Å². The lowest BCUT2D eigenvalue weighted by Gasteiger charge is -1.94. The van der Waals surface area contributed by atoms with Crippen LogP contribution in [0.25, 0.3) is 0 Å². The standard InChI is InChI=1S/C3HCl2N3O3S/c4-1-6-2(5)8-3(7-1)12(9,10)11/h(H,9,10,11). The van der Waals surface area contributed by atoms with E-state index in [9.17, 15) is 8.42 Å². The Balaban J connectivity index is 3.37. The van der Waals surface area contributed by atoms with Gasteiger partial charge in [-0.1, -0.05) is 0 Å². The van der Waals surface area contributed by atoms with E-state index in [0.29, 0.717) is 0 Å². The number of halogens is 2. The first-order chi connectivity index (χ1) is 5.39. The van der Waals surface area contributed by atoms with E-state index < -0.39 is 25.8 Å². The largest absolute Gasteiger partial charge is 0.330 e. The summed E-state index contributed by atoms with van der Waals surface area (Å²) >= 11 is 10.5. The van der Waals surface area contributed by atoms with Crippen molar-refractivity contribution in [3.63, 3.8) is 0 Å². The smallest absolute Gasteiger partial charge is 0.279 e. The van der Waals surface area contributed by atoms with Crippen LogP contribution in [0, 0.1) is 0 Å². The third-order valence-corrected chi connectivity index (χ3v) is 1.77. The first kappa shape index (κ1) is 9.59. The summed E-state index contributed by atoms with van der Waals surface area (Å²) in [4.78, 5) is 9.53. The second-order valence-electron chi connectivity index (χ2n) is 1.63. The molecule has 9 heteroatoms. The van der Waals surface area contributed by atoms with Gasteiger partial charge in [-0.25, -0.2) is 0 Å². The summed E-state index contributed by atoms with van der Waals surface area (Å²) in [5, 5.41) is -1.67. The molecule has 1 rings (SSSR count). The summed E-state index contributed by atoms with van der Waals surface area (Å²) in [7, 11) is -4.48. The Morgan fingerprint density at radius 3 is 1.83 bits per heavy atom. The molecule has 1 aromatic heterocycles. The van der Waals surface area contributed by atoms with Gasteiger partial charge in [0.1, 0.15) is 0 Å². The second kappa shape index (κ2) is 3.09. The molecule has 12 heavy (non-hydrogen) atoms. The van der Waals surface area contributed by atoms with Gasteiger partial charge in [0.15, 0.2) is 0 Å². The summed E-state index contributed by atoms with van der Waals surface area (Å²) in [6.07, 6.45) is 0. The van der Waals surface area contributed by atoms with E-state index in [1.54, 1.807) is 0 Å². The Hall–Kier alpha value is -0.500. The third kappa shape index (κ3) is 2.24. The van der Waals surface area contributed by atoms with Crippen molar-refractivity contribution in [3.05, 3.63) is 10.6 Å². The van der Waals surface area contributed by atoms with Crippen LogP contribution in [0.1, 0.15) is 0 Å². The Bertz CT molecular complexity index is 385. The van der Waals surface area contributed by atoms with Gasteiger partial charge in [0.2, 0.25) is 10.6 Å². The summed E-state index contributed by atoms with van der Waals surface area (Å²) in [5.74, 6) is 0. The zero-order valence-electron chi connectivity index (χ0n) is 5.27. The van der Waals surface area contributed by atoms with Crippen LogP contribution in [0.4, 0.5) is 0 Å². The van der Waals surface area contributed by atoms with Crippen molar-refractivity contribution in [2.45, 2.75) is 5.16 Å². The van der Waals surface area contributed by atoms with E-state index in [0.717, 1.165) is 0 Å². The van der Waals surface area contributed by atoms with Gasteiger partial charge in [0, 0.05) is 0 Å². The van der Waals surface area contributed by atoms with Gasteiger partial charge in [-0.2, -0.15) is 23.4 Å². The van der Waals surface area contributed by atoms with Gasteiger partial charge >= 0.3 is 10.1 Å². The number of nitrogens with zero attached hydrogens (tertiary/aromatic N) is 3. The highest BCUT2D eigenvalue weighted by Gasteiger charge is 2.15. The second-order valence-corrected chi connectivity index (χ2v) is 3.62. The molecule has 66 valence electrons. The first-order valence-corrected chi connectivity index (χ1v) is 4.64. The molecule has 0 aliphatic rings. The quantitative estimate of drug-likeness (QED) is 0.703. The zero-order valence-corrected chi connectivity index (χ0v) is 7.60. The maximum Gasteiger partial charge on any atom is 0.330 e. The summed E-state index contributed by atoms with van der Waals surface area (Å²) in [6.45, 7) is 0. The number of aromatic nitrogens is 3. The Labute approximate surface area is 77.3 Å². The fourth-order valence-corrected chi connectivity index (χ4v) is 1.29. The molecule has 1 N–H and O–H groups in total. The van der Waals surface area contributed by atoms with Crippen molar-refractivity contribution in [1.82, 2.24) is 15.0 Å². The van der Waals surface area contributed by atoms with E-state index in [1.807, 2.05) is 0 Å². The van der Waals surface area contributed by atoms with Crippen LogP contribution in [-0.4, -0.2) is 27.9 Å². The van der Waals surface area contributed by atoms with Crippen LogP contribution >= 0.6 is 23.2 Å².